The second kappa shape index (κ2) is 63.1. The van der Waals surface area contributed by atoms with E-state index in [2.05, 4.69) is 104 Å². The molecule has 0 aromatic carbocycles. The van der Waals surface area contributed by atoms with Gasteiger partial charge in [0.25, 0.3) is 0 Å². The maximum absolute atomic E-state index is 12.0. The van der Waals surface area contributed by atoms with Crippen LogP contribution >= 0.6 is 0 Å². The Bertz CT molecular complexity index is 3220. The Morgan fingerprint density at radius 1 is 0.190 bits per heavy atom. The van der Waals surface area contributed by atoms with Crippen molar-refractivity contribution in [3.05, 3.63) is 0 Å². The van der Waals surface area contributed by atoms with Crippen LogP contribution < -0.4 is 0 Å². The van der Waals surface area contributed by atoms with Gasteiger partial charge in [-0.15, -0.1) is 0 Å². The van der Waals surface area contributed by atoms with Crippen LogP contribution in [0.15, 0.2) is 0 Å². The van der Waals surface area contributed by atoms with E-state index in [0.29, 0.717) is 38.5 Å². The molecular formula is C120H240O22. The van der Waals surface area contributed by atoms with E-state index in [0.717, 1.165) is 57.8 Å². The van der Waals surface area contributed by atoms with Crippen LogP contribution in [0.3, 0.4) is 0 Å². The van der Waals surface area contributed by atoms with E-state index in [4.69, 9.17) is 0 Å². The number of aliphatic hydroxyl groups is 13. The van der Waals surface area contributed by atoms with E-state index in [1.165, 1.54) is 0 Å². The van der Waals surface area contributed by atoms with Crippen molar-refractivity contribution in [3.8, 4) is 0 Å². The fourth-order valence-corrected chi connectivity index (χ4v) is 15.1. The lowest BCUT2D eigenvalue weighted by atomic mass is 9.69. The van der Waals surface area contributed by atoms with Gasteiger partial charge in [0.05, 0.1) is 0 Å². The maximum Gasteiger partial charge on any atom is 0.167 e. The Hall–Kier alpha value is -3.49. The van der Waals surface area contributed by atoms with Crippen LogP contribution in [0.5, 0.6) is 0 Å². The minimum atomic E-state index is -1.07. The molecule has 852 valence electrons. The Balaban J connectivity index is -0.000000200. The highest BCUT2D eigenvalue weighted by Crippen LogP contribution is 2.41. The van der Waals surface area contributed by atoms with Crippen LogP contribution in [0.4, 0.5) is 0 Å². The van der Waals surface area contributed by atoms with Crippen molar-refractivity contribution < 1.29 is 110 Å². The quantitative estimate of drug-likeness (QED) is 0.0280. The van der Waals surface area contributed by atoms with Gasteiger partial charge >= 0.3 is 0 Å². The first-order valence-electron chi connectivity index (χ1n) is 53.2. The van der Waals surface area contributed by atoms with E-state index in [1.54, 1.807) is 83.1 Å². The highest BCUT2D eigenvalue weighted by atomic mass is 16.3. The lowest BCUT2D eigenvalue weighted by Crippen LogP contribution is -2.44. The second-order valence-electron chi connectivity index (χ2n) is 62.2. The van der Waals surface area contributed by atoms with Crippen LogP contribution in [-0.4, -0.2) is 200 Å². The fourth-order valence-electron chi connectivity index (χ4n) is 15.1. The highest BCUT2D eigenvalue weighted by Gasteiger charge is 2.44. The van der Waals surface area contributed by atoms with Gasteiger partial charge < -0.3 is 66.4 Å². The van der Waals surface area contributed by atoms with Gasteiger partial charge in [0.1, 0.15) is 54.9 Å². The third-order valence-electron chi connectivity index (χ3n) is 23.7. The van der Waals surface area contributed by atoms with E-state index in [1.807, 2.05) is 215 Å². The number of carbonyl (C=O) groups excluding carboxylic acids is 9. The maximum atomic E-state index is 12.0. The average Bonchev–Trinajstić information content (AvgIpc) is 0.807. The van der Waals surface area contributed by atoms with Crippen molar-refractivity contribution in [3.63, 3.8) is 0 Å². The monoisotopic (exact) mass is 2030 g/mol. The van der Waals surface area contributed by atoms with Gasteiger partial charge in [0, 0.05) is 98.8 Å². The zero-order valence-electron chi connectivity index (χ0n) is 104. The van der Waals surface area contributed by atoms with Gasteiger partial charge in [-0.3, -0.25) is 43.2 Å². The van der Waals surface area contributed by atoms with Crippen LogP contribution in [-0.2, 0) is 43.2 Å². The number of hydrogen-bond donors (Lipinski definition) is 13. The van der Waals surface area contributed by atoms with Crippen LogP contribution in [0, 0.1) is 138 Å². The van der Waals surface area contributed by atoms with Crippen molar-refractivity contribution in [1.82, 2.24) is 0 Å². The number of carbonyl (C=O) groups is 9. The summed E-state index contributed by atoms with van der Waals surface area (Å²) in [6.45, 7) is 113. The third kappa shape index (κ3) is 80.5. The normalized spacial score (nSPS) is 16.5. The van der Waals surface area contributed by atoms with Gasteiger partial charge in [0.2, 0.25) is 0 Å². The summed E-state index contributed by atoms with van der Waals surface area (Å²) >= 11 is 0. The zero-order valence-corrected chi connectivity index (χ0v) is 104. The molecule has 0 unspecified atom stereocenters. The van der Waals surface area contributed by atoms with Gasteiger partial charge in [0.15, 0.2) is 52.0 Å². The molecule has 142 heavy (non-hydrogen) atoms. The number of aliphatic hydroxyl groups excluding tert-OH is 13. The minimum absolute atomic E-state index is 0.00740. The first kappa shape index (κ1) is 156. The molecule has 0 aliphatic rings. The molecule has 0 fully saturated rings. The Kier molecular flexibility index (Phi) is 69.4. The van der Waals surface area contributed by atoms with E-state index in [-0.39, 0.29) is 168 Å². The van der Waals surface area contributed by atoms with E-state index in [9.17, 15) is 110 Å². The summed E-state index contributed by atoms with van der Waals surface area (Å²) in [5.74, 6) is -2.43. The lowest BCUT2D eigenvalue weighted by Gasteiger charge is -2.37. The predicted molar refractivity (Wildman–Crippen MR) is 593 cm³/mol. The van der Waals surface area contributed by atoms with Crippen LogP contribution in [0.25, 0.3) is 0 Å². The molecule has 13 N–H and O–H groups in total. The summed E-state index contributed by atoms with van der Waals surface area (Å²) < 4.78 is 0. The molecular weight excluding hydrogens is 1790 g/mol. The first-order chi connectivity index (χ1) is 61.7. The molecule has 0 radical (unpaired) electrons. The van der Waals surface area contributed by atoms with Crippen molar-refractivity contribution >= 4 is 52.0 Å². The lowest BCUT2D eigenvalue weighted by molar-refractivity contribution is -0.142. The summed E-state index contributed by atoms with van der Waals surface area (Å²) in [5.41, 5.74) is -3.69. The zero-order chi connectivity index (χ0) is 117. The topological polar surface area (TPSA) is 417 Å². The first-order valence-corrected chi connectivity index (χ1v) is 53.2. The molecule has 0 saturated heterocycles. The summed E-state index contributed by atoms with van der Waals surface area (Å²) in [6.07, 6.45) is 3.94. The van der Waals surface area contributed by atoms with Crippen molar-refractivity contribution in [2.75, 3.05) is 26.4 Å². The molecule has 22 nitrogen and oxygen atoms in total. The smallest absolute Gasteiger partial charge is 0.167 e. The molecule has 0 aromatic rings. The fraction of sp³-hybridized carbons (Fsp3) is 0.925. The van der Waals surface area contributed by atoms with Gasteiger partial charge in [-0.05, 0) is 162 Å². The predicted octanol–water partition coefficient (Wildman–Crippen LogP) is 24.7. The summed E-state index contributed by atoms with van der Waals surface area (Å²) in [6, 6.07) is 0. The summed E-state index contributed by atoms with van der Waals surface area (Å²) in [4.78, 5) is 107. The number of Topliss-reactive ketones (excluding diaryl/α,β-unsaturated/α-hetero) is 9. The Labute approximate surface area is 874 Å². The molecule has 0 heterocycles. The second-order valence-corrected chi connectivity index (χ2v) is 62.2. The van der Waals surface area contributed by atoms with Gasteiger partial charge in [-0.25, -0.2) is 0 Å². The minimum Gasteiger partial charge on any atom is -0.396 e. The van der Waals surface area contributed by atoms with Gasteiger partial charge in [-0.1, -0.05) is 402 Å². The summed E-state index contributed by atoms with van der Waals surface area (Å²) in [5, 5.41) is 126. The molecule has 22 heteroatoms. The van der Waals surface area contributed by atoms with Crippen LogP contribution in [0.1, 0.15) is 498 Å². The molecule has 0 rings (SSSR count). The van der Waals surface area contributed by atoms with Crippen molar-refractivity contribution in [2.45, 2.75) is 553 Å². The van der Waals surface area contributed by atoms with Crippen LogP contribution in [0.2, 0.25) is 0 Å². The van der Waals surface area contributed by atoms with E-state index >= 15 is 0 Å². The molecule has 0 bridgehead atoms. The summed E-state index contributed by atoms with van der Waals surface area (Å²) in [7, 11) is 0. The molecule has 0 saturated carbocycles. The average molecular weight is 2040 g/mol. The Morgan fingerprint density at radius 3 is 0.472 bits per heavy atom. The number of rotatable bonds is 35. The SMILES string of the molecule is CC(C)(C)CC(C)(C)[C@@H](O)C(=O)C(C)(C)C.CC(C)(C)CCC[C@@H](O)C(=O)C(C)(C)C.CC(C)(C)CCC[C@H](O)C(=O)C(C)(C)C.CC(C)(C)C[C@@H](CO)[C@@H](O)C(=O)C(C)(C)C.CC(C)(C)C[C@@H](CO)[C@H](O)C(=O)C(C)(C)C.CC(C)(C)C[C@H](CO)[C@@H](O)C(=O)C(C)(C)C.CC(C)(C)C[C@H](CO)[C@H](O)C(=O)C(C)(C)C.C[C@@H](CCC(C)(C)C)[C@@H](O)C(=O)C(C)(C)C.C[C@@H](CCC(C)(C)C)[C@H](O)C(=O)C(C)(C)C. The molecule has 15 atom stereocenters. The van der Waals surface area contributed by atoms with Crippen molar-refractivity contribution in [2.24, 2.45) is 138 Å². The third-order valence-corrected chi connectivity index (χ3v) is 23.7. The number of hydrogen-bond acceptors (Lipinski definition) is 22. The molecule has 0 amide bonds. The van der Waals surface area contributed by atoms with Crippen molar-refractivity contribution in [1.29, 1.82) is 0 Å². The van der Waals surface area contributed by atoms with Gasteiger partial charge in [-0.2, -0.15) is 0 Å². The van der Waals surface area contributed by atoms with E-state index < -0.39 is 104 Å². The molecule has 0 aliphatic carbocycles. The molecule has 0 aromatic heterocycles. The highest BCUT2D eigenvalue weighted by molar-refractivity contribution is 5.91. The Morgan fingerprint density at radius 2 is 0.345 bits per heavy atom. The standard InChI is InChI=1S/3C14H28O2.4C13H26O3.2C13H26O2/c1-12(2,3)9-14(7,8)11(16)10(15)13(4,5)6;2*1-10(8-9-13(2,3)4)11(15)12(16)14(5,6)7;4*1-12(2,3)7-9(8-14)10(15)11(16)13(4,5)6;2*1-12(2,3)9-7-8-10(14)11(15)13(4,5)6/h11,16H,9H2,1-8H3;2*10-11,15H,8-9H2,1-7H3;4*9-10,14-15H,7-8H2,1-6H3;2*10,14H,7-9H2,1-6H3/t11-;10-,11+;10-,11-;2*9-,10+;2*9-,10-;2*10-/m000101010/s1. The molecule has 0 spiro atoms. The number of ketones is 9. The largest absolute Gasteiger partial charge is 0.396 e. The molecule has 0 aliphatic heterocycles.